The summed E-state index contributed by atoms with van der Waals surface area (Å²) in [6.07, 6.45) is 3.08. The lowest BCUT2D eigenvalue weighted by molar-refractivity contribution is 0.0698. The molecule has 1 fully saturated rings. The van der Waals surface area contributed by atoms with E-state index in [0.29, 0.717) is 23.9 Å². The van der Waals surface area contributed by atoms with Crippen LogP contribution in [0, 0.1) is 0 Å². The van der Waals surface area contributed by atoms with Crippen molar-refractivity contribution >= 4 is 17.5 Å². The van der Waals surface area contributed by atoms with Crippen LogP contribution in [0.1, 0.15) is 35.1 Å². The number of carbonyl (C=O) groups excluding carboxylic acids is 1. The van der Waals surface area contributed by atoms with Crippen molar-refractivity contribution in [2.24, 2.45) is 0 Å². The van der Waals surface area contributed by atoms with Gasteiger partial charge < -0.3 is 4.90 Å². The molecule has 2 aromatic heterocycles. The molecule has 0 aliphatic carbocycles. The van der Waals surface area contributed by atoms with Crippen LogP contribution in [-0.2, 0) is 0 Å². The maximum atomic E-state index is 12.7. The van der Waals surface area contributed by atoms with Gasteiger partial charge in [-0.2, -0.15) is 10.2 Å². The number of carbonyl (C=O) groups is 1. The molecule has 1 saturated heterocycles. The van der Waals surface area contributed by atoms with E-state index < -0.39 is 0 Å². The molecule has 9 heteroatoms. The van der Waals surface area contributed by atoms with E-state index in [9.17, 15) is 9.59 Å². The SMILES string of the molecule is O=C(c1[nH]ncc1Cl)N1CCC[C@@H](c2n[nH]c(=O)n2-c2ccccc2)C1. The molecule has 0 saturated carbocycles. The van der Waals surface area contributed by atoms with Crippen LogP contribution >= 0.6 is 11.6 Å². The van der Waals surface area contributed by atoms with Gasteiger partial charge in [-0.3, -0.25) is 9.89 Å². The van der Waals surface area contributed by atoms with Gasteiger partial charge in [0.05, 0.1) is 16.9 Å². The third-order valence-corrected chi connectivity index (χ3v) is 4.88. The number of halogens is 1. The van der Waals surface area contributed by atoms with Crippen molar-refractivity contribution in [1.29, 1.82) is 0 Å². The molecule has 8 nitrogen and oxygen atoms in total. The number of benzene rings is 1. The molecule has 1 aliphatic heterocycles. The molecule has 134 valence electrons. The monoisotopic (exact) mass is 372 g/mol. The molecule has 1 atom stereocenters. The minimum atomic E-state index is -0.286. The first-order chi connectivity index (χ1) is 12.6. The molecule has 0 unspecified atom stereocenters. The summed E-state index contributed by atoms with van der Waals surface area (Å²) in [6.45, 7) is 1.09. The Morgan fingerprint density at radius 2 is 2.04 bits per heavy atom. The summed E-state index contributed by atoms with van der Waals surface area (Å²) in [7, 11) is 0. The van der Waals surface area contributed by atoms with E-state index in [1.807, 2.05) is 30.3 Å². The highest BCUT2D eigenvalue weighted by Crippen LogP contribution is 2.27. The fraction of sp³-hybridized carbons (Fsp3) is 0.294. The number of nitrogens with zero attached hydrogens (tertiary/aromatic N) is 4. The number of hydrogen-bond acceptors (Lipinski definition) is 4. The molecule has 4 rings (SSSR count). The second kappa shape index (κ2) is 6.80. The lowest BCUT2D eigenvalue weighted by Crippen LogP contribution is -2.40. The van der Waals surface area contributed by atoms with E-state index in [-0.39, 0.29) is 23.2 Å². The first kappa shape index (κ1) is 16.6. The Bertz CT molecular complexity index is 977. The van der Waals surface area contributed by atoms with Gasteiger partial charge >= 0.3 is 5.69 Å². The zero-order valence-corrected chi connectivity index (χ0v) is 14.6. The van der Waals surface area contributed by atoms with Gasteiger partial charge in [-0.25, -0.2) is 14.5 Å². The number of H-pyrrole nitrogens is 2. The van der Waals surface area contributed by atoms with Crippen LogP contribution in [0.3, 0.4) is 0 Å². The molecule has 1 amide bonds. The predicted molar refractivity (Wildman–Crippen MR) is 95.7 cm³/mol. The molecule has 0 radical (unpaired) electrons. The van der Waals surface area contributed by atoms with Crippen LogP contribution in [0.2, 0.25) is 5.02 Å². The molecule has 1 aliphatic rings. The molecular weight excluding hydrogens is 356 g/mol. The van der Waals surface area contributed by atoms with Gasteiger partial charge in [0.1, 0.15) is 11.5 Å². The maximum absolute atomic E-state index is 12.7. The molecule has 1 aromatic carbocycles. The summed E-state index contributed by atoms with van der Waals surface area (Å²) in [6, 6.07) is 9.35. The van der Waals surface area contributed by atoms with Crippen molar-refractivity contribution in [3.63, 3.8) is 0 Å². The maximum Gasteiger partial charge on any atom is 0.347 e. The topological polar surface area (TPSA) is 99.7 Å². The summed E-state index contributed by atoms with van der Waals surface area (Å²) in [4.78, 5) is 26.7. The first-order valence-electron chi connectivity index (χ1n) is 8.36. The van der Waals surface area contributed by atoms with E-state index in [4.69, 9.17) is 11.6 Å². The van der Waals surface area contributed by atoms with Crippen LogP contribution in [-0.4, -0.2) is 48.9 Å². The van der Waals surface area contributed by atoms with Crippen molar-refractivity contribution in [3.05, 3.63) is 63.6 Å². The van der Waals surface area contributed by atoms with Gasteiger partial charge in [0.15, 0.2) is 0 Å². The summed E-state index contributed by atoms with van der Waals surface area (Å²) < 4.78 is 1.57. The highest BCUT2D eigenvalue weighted by molar-refractivity contribution is 6.33. The van der Waals surface area contributed by atoms with Crippen LogP contribution in [0.4, 0.5) is 0 Å². The van der Waals surface area contributed by atoms with Crippen molar-refractivity contribution in [2.75, 3.05) is 13.1 Å². The number of aromatic amines is 2. The quantitative estimate of drug-likeness (QED) is 0.734. The Kier molecular flexibility index (Phi) is 4.34. The lowest BCUT2D eigenvalue weighted by atomic mass is 9.96. The number of hydrogen-bond donors (Lipinski definition) is 2. The number of rotatable bonds is 3. The number of amides is 1. The highest BCUT2D eigenvalue weighted by Gasteiger charge is 2.30. The van der Waals surface area contributed by atoms with Gasteiger partial charge in [-0.05, 0) is 25.0 Å². The number of para-hydroxylation sites is 1. The van der Waals surface area contributed by atoms with Gasteiger partial charge in [0.25, 0.3) is 5.91 Å². The molecule has 0 bridgehead atoms. The van der Waals surface area contributed by atoms with Gasteiger partial charge in [0, 0.05) is 19.0 Å². The van der Waals surface area contributed by atoms with E-state index in [0.717, 1.165) is 18.5 Å². The van der Waals surface area contributed by atoms with E-state index in [1.165, 1.54) is 6.20 Å². The smallest absolute Gasteiger partial charge is 0.337 e. The fourth-order valence-corrected chi connectivity index (χ4v) is 3.53. The molecule has 0 spiro atoms. The zero-order valence-electron chi connectivity index (χ0n) is 13.9. The zero-order chi connectivity index (χ0) is 18.1. The normalized spacial score (nSPS) is 17.4. The van der Waals surface area contributed by atoms with Crippen molar-refractivity contribution in [3.8, 4) is 5.69 Å². The first-order valence-corrected chi connectivity index (χ1v) is 8.74. The average molecular weight is 373 g/mol. The summed E-state index contributed by atoms with van der Waals surface area (Å²) in [5, 5.41) is 13.5. The van der Waals surface area contributed by atoms with Crippen LogP contribution in [0.25, 0.3) is 5.69 Å². The Hall–Kier alpha value is -2.87. The Balaban J connectivity index is 1.63. The van der Waals surface area contributed by atoms with Gasteiger partial charge in [0.2, 0.25) is 0 Å². The van der Waals surface area contributed by atoms with Crippen molar-refractivity contribution in [1.82, 2.24) is 29.9 Å². The Morgan fingerprint density at radius 3 is 2.77 bits per heavy atom. The Morgan fingerprint density at radius 1 is 1.23 bits per heavy atom. The van der Waals surface area contributed by atoms with E-state index in [2.05, 4.69) is 20.4 Å². The molecule has 26 heavy (non-hydrogen) atoms. The molecule has 2 N–H and O–H groups in total. The third kappa shape index (κ3) is 2.92. The highest BCUT2D eigenvalue weighted by atomic mass is 35.5. The molecular formula is C17H17ClN6O2. The summed E-state index contributed by atoms with van der Waals surface area (Å²) in [5.41, 5.74) is 0.752. The Labute approximate surface area is 153 Å². The minimum absolute atomic E-state index is 0.0476. The van der Waals surface area contributed by atoms with Crippen LogP contribution < -0.4 is 5.69 Å². The second-order valence-corrected chi connectivity index (χ2v) is 6.65. The summed E-state index contributed by atoms with van der Waals surface area (Å²) in [5.74, 6) is 0.393. The second-order valence-electron chi connectivity index (χ2n) is 6.24. The molecule has 3 heterocycles. The fourth-order valence-electron chi connectivity index (χ4n) is 3.36. The van der Waals surface area contributed by atoms with E-state index >= 15 is 0 Å². The largest absolute Gasteiger partial charge is 0.347 e. The van der Waals surface area contributed by atoms with Gasteiger partial charge in [-0.15, -0.1) is 0 Å². The van der Waals surface area contributed by atoms with Gasteiger partial charge in [-0.1, -0.05) is 29.8 Å². The predicted octanol–water partition coefficient (Wildman–Crippen LogP) is 1.96. The minimum Gasteiger partial charge on any atom is -0.337 e. The third-order valence-electron chi connectivity index (χ3n) is 4.59. The average Bonchev–Trinajstić information content (AvgIpc) is 3.27. The van der Waals surface area contributed by atoms with Crippen molar-refractivity contribution < 1.29 is 4.79 Å². The standard InChI is InChI=1S/C17H17ClN6O2/c18-13-9-19-20-14(13)16(25)23-8-4-5-11(10-23)15-21-22-17(26)24(15)12-6-2-1-3-7-12/h1-3,6-7,9,11H,4-5,8,10H2,(H,19,20)(H,22,26)/t11-/m1/s1. The lowest BCUT2D eigenvalue weighted by Gasteiger charge is -2.32. The molecule has 3 aromatic rings. The van der Waals surface area contributed by atoms with E-state index in [1.54, 1.807) is 9.47 Å². The van der Waals surface area contributed by atoms with Crippen LogP contribution in [0.15, 0.2) is 41.3 Å². The number of piperidine rings is 1. The van der Waals surface area contributed by atoms with Crippen molar-refractivity contribution in [2.45, 2.75) is 18.8 Å². The summed E-state index contributed by atoms with van der Waals surface area (Å²) >= 11 is 6.01. The number of aromatic nitrogens is 5. The van der Waals surface area contributed by atoms with Crippen LogP contribution in [0.5, 0.6) is 0 Å². The number of nitrogens with one attached hydrogen (secondary N) is 2. The number of likely N-dealkylation sites (tertiary alicyclic amines) is 1.